The molecule has 1 aromatic carbocycles. The summed E-state index contributed by atoms with van der Waals surface area (Å²) in [6, 6.07) is 6.31. The molecule has 23 heavy (non-hydrogen) atoms. The van der Waals surface area contributed by atoms with Gasteiger partial charge in [-0.3, -0.25) is 4.90 Å². The van der Waals surface area contributed by atoms with Crippen molar-refractivity contribution >= 4 is 11.4 Å². The topological polar surface area (TPSA) is 45.0 Å². The van der Waals surface area contributed by atoms with E-state index < -0.39 is 0 Å². The Labute approximate surface area is 140 Å². The van der Waals surface area contributed by atoms with E-state index in [1.807, 2.05) is 6.07 Å². The molecule has 5 nitrogen and oxygen atoms in total. The molecule has 0 amide bonds. The normalized spacial score (nSPS) is 23.6. The quantitative estimate of drug-likeness (QED) is 0.832. The van der Waals surface area contributed by atoms with Crippen LogP contribution in [0.2, 0.25) is 0 Å². The highest BCUT2D eigenvalue weighted by Crippen LogP contribution is 2.25. The molecule has 5 heteroatoms. The van der Waals surface area contributed by atoms with Gasteiger partial charge < -0.3 is 20.3 Å². The number of rotatable bonds is 5. The van der Waals surface area contributed by atoms with Crippen LogP contribution in [0.3, 0.4) is 0 Å². The number of ether oxygens (including phenoxy) is 1. The number of piperazine rings is 1. The van der Waals surface area contributed by atoms with Gasteiger partial charge in [-0.25, -0.2) is 0 Å². The van der Waals surface area contributed by atoms with E-state index in [1.54, 1.807) is 0 Å². The van der Waals surface area contributed by atoms with E-state index in [1.165, 1.54) is 31.9 Å². The van der Waals surface area contributed by atoms with Gasteiger partial charge in [0.2, 0.25) is 0 Å². The predicted octanol–water partition coefficient (Wildman–Crippen LogP) is 1.42. The van der Waals surface area contributed by atoms with Gasteiger partial charge in [-0.15, -0.1) is 0 Å². The standard InChI is InChI=1S/C18H30N4O/c1-15-13-16(3-4-18(15)19)22-6-5-17(14-22)23-12-11-21-9-7-20(2)8-10-21/h3-4,13,17H,5-12,14,19H2,1-2H3. The van der Waals surface area contributed by atoms with Crippen molar-refractivity contribution in [3.05, 3.63) is 23.8 Å². The summed E-state index contributed by atoms with van der Waals surface area (Å²) in [4.78, 5) is 7.31. The summed E-state index contributed by atoms with van der Waals surface area (Å²) in [6.07, 6.45) is 1.48. The molecule has 128 valence electrons. The number of anilines is 2. The van der Waals surface area contributed by atoms with E-state index in [4.69, 9.17) is 10.5 Å². The van der Waals surface area contributed by atoms with Gasteiger partial charge in [-0.1, -0.05) is 0 Å². The Kier molecular flexibility index (Phi) is 5.41. The number of nitrogens with two attached hydrogens (primary N) is 1. The Hall–Kier alpha value is -1.30. The monoisotopic (exact) mass is 318 g/mol. The lowest BCUT2D eigenvalue weighted by Gasteiger charge is -2.32. The zero-order valence-corrected chi connectivity index (χ0v) is 14.5. The zero-order valence-electron chi connectivity index (χ0n) is 14.5. The van der Waals surface area contributed by atoms with Gasteiger partial charge in [0.05, 0.1) is 12.7 Å². The molecule has 0 aromatic heterocycles. The lowest BCUT2D eigenvalue weighted by atomic mass is 10.2. The predicted molar refractivity (Wildman–Crippen MR) is 96.1 cm³/mol. The fourth-order valence-electron chi connectivity index (χ4n) is 3.38. The fraction of sp³-hybridized carbons (Fsp3) is 0.667. The molecule has 0 saturated carbocycles. The summed E-state index contributed by atoms with van der Waals surface area (Å²) in [5, 5.41) is 0. The first-order valence-electron chi connectivity index (χ1n) is 8.75. The number of aryl methyl sites for hydroxylation is 1. The van der Waals surface area contributed by atoms with E-state index in [2.05, 4.69) is 40.8 Å². The molecular formula is C18H30N4O. The fourth-order valence-corrected chi connectivity index (χ4v) is 3.38. The van der Waals surface area contributed by atoms with Crippen LogP contribution in [0.1, 0.15) is 12.0 Å². The van der Waals surface area contributed by atoms with E-state index in [-0.39, 0.29) is 0 Å². The Bertz CT molecular complexity index is 514. The number of hydrogen-bond acceptors (Lipinski definition) is 5. The van der Waals surface area contributed by atoms with Gasteiger partial charge in [-0.05, 0) is 44.2 Å². The van der Waals surface area contributed by atoms with Crippen LogP contribution < -0.4 is 10.6 Å². The minimum absolute atomic E-state index is 0.361. The second-order valence-electron chi connectivity index (χ2n) is 6.91. The average Bonchev–Trinajstić information content (AvgIpc) is 3.01. The number of hydrogen-bond donors (Lipinski definition) is 1. The summed E-state index contributed by atoms with van der Waals surface area (Å²) >= 11 is 0. The van der Waals surface area contributed by atoms with Gasteiger partial charge >= 0.3 is 0 Å². The van der Waals surface area contributed by atoms with Crippen molar-refractivity contribution < 1.29 is 4.74 Å². The Morgan fingerprint density at radius 2 is 1.96 bits per heavy atom. The van der Waals surface area contributed by atoms with Gasteiger partial charge in [0.1, 0.15) is 0 Å². The number of nitrogens with zero attached hydrogens (tertiary/aromatic N) is 3. The number of nitrogen functional groups attached to an aromatic ring is 1. The van der Waals surface area contributed by atoms with Crippen molar-refractivity contribution in [2.45, 2.75) is 19.4 Å². The van der Waals surface area contributed by atoms with Crippen molar-refractivity contribution in [3.8, 4) is 0 Å². The molecule has 0 radical (unpaired) electrons. The summed E-state index contributed by atoms with van der Waals surface area (Å²) in [5.41, 5.74) is 9.20. The van der Waals surface area contributed by atoms with Crippen molar-refractivity contribution in [1.29, 1.82) is 0 Å². The molecule has 1 aromatic rings. The van der Waals surface area contributed by atoms with Gasteiger partial charge in [0.15, 0.2) is 0 Å². The molecule has 1 atom stereocenters. The van der Waals surface area contributed by atoms with Crippen LogP contribution in [0.5, 0.6) is 0 Å². The summed E-state index contributed by atoms with van der Waals surface area (Å²) in [7, 11) is 2.19. The molecule has 2 heterocycles. The van der Waals surface area contributed by atoms with Gasteiger partial charge in [0, 0.05) is 57.2 Å². The molecular weight excluding hydrogens is 288 g/mol. The number of likely N-dealkylation sites (N-methyl/N-ethyl adjacent to an activating group) is 1. The van der Waals surface area contributed by atoms with Crippen molar-refractivity contribution in [2.24, 2.45) is 0 Å². The third kappa shape index (κ3) is 4.37. The Morgan fingerprint density at radius 1 is 1.17 bits per heavy atom. The third-order valence-corrected chi connectivity index (χ3v) is 5.12. The van der Waals surface area contributed by atoms with Gasteiger partial charge in [-0.2, -0.15) is 0 Å². The summed E-state index contributed by atoms with van der Waals surface area (Å²) < 4.78 is 6.12. The molecule has 0 bridgehead atoms. The van der Waals surface area contributed by atoms with E-state index in [0.717, 1.165) is 43.9 Å². The minimum Gasteiger partial charge on any atom is -0.399 e. The smallest absolute Gasteiger partial charge is 0.0767 e. The van der Waals surface area contributed by atoms with E-state index in [0.29, 0.717) is 6.10 Å². The molecule has 2 fully saturated rings. The van der Waals surface area contributed by atoms with Crippen LogP contribution in [0.15, 0.2) is 18.2 Å². The minimum atomic E-state index is 0.361. The van der Waals surface area contributed by atoms with Crippen molar-refractivity contribution in [2.75, 3.05) is 70.1 Å². The van der Waals surface area contributed by atoms with Crippen molar-refractivity contribution in [1.82, 2.24) is 9.80 Å². The van der Waals surface area contributed by atoms with Crippen LogP contribution in [0, 0.1) is 6.92 Å². The molecule has 0 aliphatic carbocycles. The SMILES string of the molecule is Cc1cc(N2CCC(OCCN3CCN(C)CC3)C2)ccc1N. The van der Waals surface area contributed by atoms with Crippen LogP contribution in [0.25, 0.3) is 0 Å². The highest BCUT2D eigenvalue weighted by molar-refractivity contribution is 5.58. The Morgan fingerprint density at radius 3 is 2.70 bits per heavy atom. The largest absolute Gasteiger partial charge is 0.399 e. The lowest BCUT2D eigenvalue weighted by molar-refractivity contribution is 0.0405. The molecule has 1 unspecified atom stereocenters. The third-order valence-electron chi connectivity index (χ3n) is 5.12. The molecule has 2 saturated heterocycles. The maximum Gasteiger partial charge on any atom is 0.0767 e. The van der Waals surface area contributed by atoms with Crippen LogP contribution in [-0.2, 0) is 4.74 Å². The maximum atomic E-state index is 6.12. The van der Waals surface area contributed by atoms with Crippen LogP contribution in [0.4, 0.5) is 11.4 Å². The molecule has 2 N–H and O–H groups in total. The number of benzene rings is 1. The average molecular weight is 318 g/mol. The summed E-state index contributed by atoms with van der Waals surface area (Å²) in [5.74, 6) is 0. The molecule has 0 spiro atoms. The first-order valence-corrected chi connectivity index (χ1v) is 8.75. The second-order valence-corrected chi connectivity index (χ2v) is 6.91. The maximum absolute atomic E-state index is 6.12. The zero-order chi connectivity index (χ0) is 16.2. The molecule has 3 rings (SSSR count). The van der Waals surface area contributed by atoms with E-state index in [9.17, 15) is 0 Å². The Balaban J connectivity index is 1.40. The molecule has 2 aliphatic heterocycles. The van der Waals surface area contributed by atoms with Crippen LogP contribution >= 0.6 is 0 Å². The first-order chi connectivity index (χ1) is 11.1. The second kappa shape index (κ2) is 7.51. The highest BCUT2D eigenvalue weighted by atomic mass is 16.5. The van der Waals surface area contributed by atoms with Crippen molar-refractivity contribution in [3.63, 3.8) is 0 Å². The van der Waals surface area contributed by atoms with E-state index >= 15 is 0 Å². The lowest BCUT2D eigenvalue weighted by Crippen LogP contribution is -2.45. The molecule has 2 aliphatic rings. The highest BCUT2D eigenvalue weighted by Gasteiger charge is 2.24. The first kappa shape index (κ1) is 16.6. The summed E-state index contributed by atoms with van der Waals surface area (Å²) in [6.45, 7) is 10.7. The van der Waals surface area contributed by atoms with Crippen LogP contribution in [-0.4, -0.2) is 75.4 Å². The van der Waals surface area contributed by atoms with Gasteiger partial charge in [0.25, 0.3) is 0 Å².